The van der Waals surface area contributed by atoms with Crippen LogP contribution in [0.2, 0.25) is 0 Å². The van der Waals surface area contributed by atoms with Crippen molar-refractivity contribution in [1.82, 2.24) is 0 Å². The van der Waals surface area contributed by atoms with E-state index < -0.39 is 6.49 Å². The highest BCUT2D eigenvalue weighted by Crippen LogP contribution is 2.51. The first-order valence-corrected chi connectivity index (χ1v) is 7.38. The van der Waals surface area contributed by atoms with Crippen molar-refractivity contribution in [2.75, 3.05) is 12.3 Å². The first-order valence-electron chi connectivity index (χ1n) is 4.40. The molecular weight excluding hydrogens is 179 g/mol. The van der Waals surface area contributed by atoms with Crippen LogP contribution in [-0.2, 0) is 4.57 Å². The Bertz CT molecular complexity index is 136. The minimum absolute atomic E-state index is 0.640. The summed E-state index contributed by atoms with van der Waals surface area (Å²) in [6.07, 6.45) is 6.03. The van der Waals surface area contributed by atoms with Gasteiger partial charge in [0.15, 0.2) is 6.49 Å². The molecule has 0 heterocycles. The Hall–Kier alpha value is 0.520. The van der Waals surface area contributed by atoms with Crippen LogP contribution in [0.5, 0.6) is 0 Å². The molecular formula is C8H18ClOP. The highest BCUT2D eigenvalue weighted by atomic mass is 35.7. The monoisotopic (exact) mass is 196 g/mol. The van der Waals surface area contributed by atoms with E-state index >= 15 is 0 Å². The van der Waals surface area contributed by atoms with Crippen molar-refractivity contribution >= 4 is 17.7 Å². The molecule has 0 bridgehead atoms. The van der Waals surface area contributed by atoms with Crippen molar-refractivity contribution in [1.29, 1.82) is 0 Å². The van der Waals surface area contributed by atoms with Crippen LogP contribution in [0.1, 0.15) is 39.5 Å². The number of unbranched alkanes of at least 4 members (excludes halogenated alkanes) is 3. The Labute approximate surface area is 74.7 Å². The van der Waals surface area contributed by atoms with E-state index in [-0.39, 0.29) is 0 Å². The molecule has 0 N–H and O–H groups in total. The van der Waals surface area contributed by atoms with Gasteiger partial charge in [-0.25, -0.2) is 0 Å². The highest BCUT2D eigenvalue weighted by molar-refractivity contribution is 7.89. The lowest BCUT2D eigenvalue weighted by Crippen LogP contribution is -1.86. The second-order valence-electron chi connectivity index (χ2n) is 2.89. The smallest absolute Gasteiger partial charge is 0.169 e. The average Bonchev–Trinajstić information content (AvgIpc) is 1.99. The van der Waals surface area contributed by atoms with Gasteiger partial charge in [0, 0.05) is 12.3 Å². The van der Waals surface area contributed by atoms with Crippen LogP contribution < -0.4 is 0 Å². The fraction of sp³-hybridized carbons (Fsp3) is 1.00. The van der Waals surface area contributed by atoms with Crippen molar-refractivity contribution in [2.24, 2.45) is 0 Å². The van der Waals surface area contributed by atoms with Gasteiger partial charge < -0.3 is 4.57 Å². The predicted molar refractivity (Wildman–Crippen MR) is 53.0 cm³/mol. The Kier molecular flexibility index (Phi) is 6.37. The van der Waals surface area contributed by atoms with Gasteiger partial charge in [-0.05, 0) is 6.42 Å². The van der Waals surface area contributed by atoms with Gasteiger partial charge in [0.05, 0.1) is 0 Å². The second kappa shape index (κ2) is 6.08. The zero-order valence-electron chi connectivity index (χ0n) is 7.48. The van der Waals surface area contributed by atoms with Gasteiger partial charge in [-0.15, -0.1) is 0 Å². The SMILES string of the molecule is CCCCCCP(=O)(Cl)CC. The Morgan fingerprint density at radius 3 is 2.27 bits per heavy atom. The number of halogens is 1. The fourth-order valence-electron chi connectivity index (χ4n) is 0.933. The third-order valence-corrected chi connectivity index (χ3v) is 4.97. The van der Waals surface area contributed by atoms with E-state index in [1.54, 1.807) is 0 Å². The molecule has 0 aromatic carbocycles. The molecule has 0 aromatic rings. The summed E-state index contributed by atoms with van der Waals surface area (Å²) < 4.78 is 11.3. The van der Waals surface area contributed by atoms with Crippen molar-refractivity contribution in [2.45, 2.75) is 39.5 Å². The van der Waals surface area contributed by atoms with Crippen LogP contribution in [0.3, 0.4) is 0 Å². The summed E-state index contributed by atoms with van der Waals surface area (Å²) in [5.41, 5.74) is 0. The summed E-state index contributed by atoms with van der Waals surface area (Å²) >= 11 is 5.76. The molecule has 0 rings (SSSR count). The summed E-state index contributed by atoms with van der Waals surface area (Å²) in [5, 5.41) is 0. The van der Waals surface area contributed by atoms with Gasteiger partial charge in [0.2, 0.25) is 0 Å². The molecule has 1 atom stereocenters. The van der Waals surface area contributed by atoms with Crippen LogP contribution in [0.25, 0.3) is 0 Å². The maximum atomic E-state index is 11.3. The van der Waals surface area contributed by atoms with Gasteiger partial charge in [0.25, 0.3) is 0 Å². The Balaban J connectivity index is 3.31. The predicted octanol–water partition coefficient (Wildman–Crippen LogP) is 4.10. The first kappa shape index (κ1) is 11.5. The van der Waals surface area contributed by atoms with Gasteiger partial charge in [-0.2, -0.15) is 0 Å². The van der Waals surface area contributed by atoms with Gasteiger partial charge in [-0.3, -0.25) is 0 Å². The molecule has 0 fully saturated rings. The lowest BCUT2D eigenvalue weighted by atomic mass is 10.2. The first-order chi connectivity index (χ1) is 5.12. The minimum atomic E-state index is -2.24. The normalized spacial score (nSPS) is 16.3. The zero-order chi connectivity index (χ0) is 8.74. The summed E-state index contributed by atoms with van der Waals surface area (Å²) in [4.78, 5) is 0. The zero-order valence-corrected chi connectivity index (χ0v) is 9.13. The lowest BCUT2D eigenvalue weighted by Gasteiger charge is -2.06. The molecule has 11 heavy (non-hydrogen) atoms. The highest BCUT2D eigenvalue weighted by Gasteiger charge is 2.13. The van der Waals surface area contributed by atoms with Crippen molar-refractivity contribution < 1.29 is 4.57 Å². The second-order valence-corrected chi connectivity index (χ2v) is 7.40. The molecule has 68 valence electrons. The summed E-state index contributed by atoms with van der Waals surface area (Å²) in [6.45, 7) is 1.82. The average molecular weight is 197 g/mol. The van der Waals surface area contributed by atoms with Crippen LogP contribution in [0, 0.1) is 0 Å². The molecule has 3 heteroatoms. The maximum absolute atomic E-state index is 11.3. The maximum Gasteiger partial charge on any atom is 0.169 e. The molecule has 0 aliphatic carbocycles. The van der Waals surface area contributed by atoms with E-state index in [0.29, 0.717) is 6.16 Å². The van der Waals surface area contributed by atoms with Crippen LogP contribution >= 0.6 is 17.7 Å². The third kappa shape index (κ3) is 6.90. The van der Waals surface area contributed by atoms with Gasteiger partial charge in [0.1, 0.15) is 0 Å². The molecule has 0 saturated heterocycles. The standard InChI is InChI=1S/C8H18ClOP/c1-3-5-6-7-8-11(9,10)4-2/h3-8H2,1-2H3. The van der Waals surface area contributed by atoms with Crippen LogP contribution in [0.4, 0.5) is 0 Å². The molecule has 0 spiro atoms. The van der Waals surface area contributed by atoms with E-state index in [9.17, 15) is 4.57 Å². The largest absolute Gasteiger partial charge is 0.307 e. The third-order valence-electron chi connectivity index (χ3n) is 1.82. The van der Waals surface area contributed by atoms with Crippen molar-refractivity contribution in [3.05, 3.63) is 0 Å². The molecule has 0 aliphatic rings. The van der Waals surface area contributed by atoms with Gasteiger partial charge >= 0.3 is 0 Å². The minimum Gasteiger partial charge on any atom is -0.307 e. The molecule has 1 nitrogen and oxygen atoms in total. The summed E-state index contributed by atoms with van der Waals surface area (Å²) in [7, 11) is 0. The molecule has 1 unspecified atom stereocenters. The van der Waals surface area contributed by atoms with E-state index in [1.807, 2.05) is 6.92 Å². The quantitative estimate of drug-likeness (QED) is 0.462. The van der Waals surface area contributed by atoms with Crippen molar-refractivity contribution in [3.8, 4) is 0 Å². The number of rotatable bonds is 6. The Morgan fingerprint density at radius 1 is 1.18 bits per heavy atom. The molecule has 0 amide bonds. The molecule has 0 aliphatic heterocycles. The van der Waals surface area contributed by atoms with Crippen molar-refractivity contribution in [3.63, 3.8) is 0 Å². The molecule has 0 radical (unpaired) electrons. The van der Waals surface area contributed by atoms with E-state index in [0.717, 1.165) is 12.6 Å². The lowest BCUT2D eigenvalue weighted by molar-refractivity contribution is 0.580. The van der Waals surface area contributed by atoms with Crippen LogP contribution in [0.15, 0.2) is 0 Å². The number of hydrogen-bond acceptors (Lipinski definition) is 1. The Morgan fingerprint density at radius 2 is 1.82 bits per heavy atom. The summed E-state index contributed by atoms with van der Waals surface area (Å²) in [5.74, 6) is 0. The van der Waals surface area contributed by atoms with E-state index in [4.69, 9.17) is 11.2 Å². The fourth-order valence-corrected chi connectivity index (χ4v) is 2.30. The number of hydrogen-bond donors (Lipinski definition) is 0. The topological polar surface area (TPSA) is 17.1 Å². The molecule has 0 saturated carbocycles. The molecule has 0 aromatic heterocycles. The van der Waals surface area contributed by atoms with Gasteiger partial charge in [-0.1, -0.05) is 44.4 Å². The van der Waals surface area contributed by atoms with E-state index in [2.05, 4.69) is 6.92 Å². The van der Waals surface area contributed by atoms with Crippen LogP contribution in [-0.4, -0.2) is 12.3 Å². The van der Waals surface area contributed by atoms with E-state index in [1.165, 1.54) is 19.3 Å². The summed E-state index contributed by atoms with van der Waals surface area (Å²) in [6, 6.07) is 0.